The molecule has 1 aliphatic heterocycles. The van der Waals surface area contributed by atoms with Crippen LogP contribution in [0.25, 0.3) is 10.2 Å². The number of carbonyl (C=O) groups is 1. The lowest BCUT2D eigenvalue weighted by atomic mass is 10.0. The Bertz CT molecular complexity index is 1180. The second-order valence-corrected chi connectivity index (χ2v) is 8.87. The summed E-state index contributed by atoms with van der Waals surface area (Å²) in [5.74, 6) is -0.326. The van der Waals surface area contributed by atoms with Gasteiger partial charge in [-0.05, 0) is 50.3 Å². The Balaban J connectivity index is 1.58. The summed E-state index contributed by atoms with van der Waals surface area (Å²) >= 11 is 1.39. The number of amides is 1. The molecule has 3 aromatic rings. The van der Waals surface area contributed by atoms with Gasteiger partial charge in [-0.3, -0.25) is 14.2 Å². The molecule has 0 N–H and O–H groups in total. The summed E-state index contributed by atoms with van der Waals surface area (Å²) in [5, 5.41) is 0.614. The van der Waals surface area contributed by atoms with Crippen molar-refractivity contribution in [2.45, 2.75) is 25.7 Å². The minimum absolute atomic E-state index is 0.0770. The molecule has 0 unspecified atom stereocenters. The normalized spacial score (nSPS) is 14.3. The van der Waals surface area contributed by atoms with E-state index in [1.807, 2.05) is 19.0 Å². The van der Waals surface area contributed by atoms with Crippen LogP contribution < -0.4 is 5.56 Å². The first kappa shape index (κ1) is 21.5. The number of carbonyl (C=O) groups excluding carboxylic acids is 1. The van der Waals surface area contributed by atoms with Gasteiger partial charge in [0.1, 0.15) is 4.83 Å². The van der Waals surface area contributed by atoms with Crippen LogP contribution in [0.3, 0.4) is 0 Å². The molecule has 10 heteroatoms. The van der Waals surface area contributed by atoms with Crippen molar-refractivity contribution in [2.75, 3.05) is 27.2 Å². The SMILES string of the molecule is CN(C)CCn1cnc2sc3c(c2c1=O)CCN(C(=O)c1ccc(C(F)(F)F)cc1)C3. The van der Waals surface area contributed by atoms with E-state index in [1.54, 1.807) is 15.8 Å². The van der Waals surface area contributed by atoms with Crippen molar-refractivity contribution in [2.24, 2.45) is 0 Å². The number of hydrogen-bond donors (Lipinski definition) is 0. The number of nitrogens with zero attached hydrogens (tertiary/aromatic N) is 4. The maximum Gasteiger partial charge on any atom is 0.416 e. The molecular weight excluding hydrogens is 429 g/mol. The van der Waals surface area contributed by atoms with Crippen LogP contribution in [-0.2, 0) is 25.7 Å². The second kappa shape index (κ2) is 8.08. The first-order valence-corrected chi connectivity index (χ1v) is 10.6. The van der Waals surface area contributed by atoms with E-state index in [1.165, 1.54) is 23.5 Å². The highest BCUT2D eigenvalue weighted by Gasteiger charge is 2.31. The average molecular weight is 450 g/mol. The summed E-state index contributed by atoms with van der Waals surface area (Å²) in [5.41, 5.74) is 0.271. The van der Waals surface area contributed by atoms with Crippen molar-refractivity contribution in [1.29, 1.82) is 0 Å². The Labute approximate surface area is 180 Å². The molecule has 2 aromatic heterocycles. The third-order valence-electron chi connectivity index (χ3n) is 5.36. The minimum atomic E-state index is -4.44. The third-order valence-corrected chi connectivity index (χ3v) is 6.49. The van der Waals surface area contributed by atoms with Crippen LogP contribution in [0.4, 0.5) is 13.2 Å². The lowest BCUT2D eigenvalue weighted by molar-refractivity contribution is -0.137. The van der Waals surface area contributed by atoms with E-state index in [0.717, 1.165) is 29.1 Å². The number of aromatic nitrogens is 2. The van der Waals surface area contributed by atoms with Gasteiger partial charge in [0.2, 0.25) is 0 Å². The third kappa shape index (κ3) is 4.22. The largest absolute Gasteiger partial charge is 0.416 e. The maximum absolute atomic E-state index is 13.0. The number of benzene rings is 1. The van der Waals surface area contributed by atoms with Gasteiger partial charge in [0.15, 0.2) is 0 Å². The van der Waals surface area contributed by atoms with Gasteiger partial charge >= 0.3 is 6.18 Å². The number of alkyl halides is 3. The summed E-state index contributed by atoms with van der Waals surface area (Å²) in [4.78, 5) is 35.4. The zero-order valence-electron chi connectivity index (χ0n) is 17.1. The fraction of sp³-hybridized carbons (Fsp3) is 0.381. The van der Waals surface area contributed by atoms with Gasteiger partial charge < -0.3 is 9.80 Å². The van der Waals surface area contributed by atoms with Gasteiger partial charge in [0, 0.05) is 30.1 Å². The zero-order chi connectivity index (χ0) is 22.3. The van der Waals surface area contributed by atoms with Crippen molar-refractivity contribution in [3.8, 4) is 0 Å². The molecule has 1 aliphatic rings. The van der Waals surface area contributed by atoms with Crippen molar-refractivity contribution in [3.63, 3.8) is 0 Å². The van der Waals surface area contributed by atoms with Crippen LogP contribution in [0.5, 0.6) is 0 Å². The summed E-state index contributed by atoms with van der Waals surface area (Å²) in [6, 6.07) is 4.25. The molecule has 0 saturated heterocycles. The summed E-state index contributed by atoms with van der Waals surface area (Å²) in [6.45, 7) is 1.96. The molecule has 1 aromatic carbocycles. The molecule has 164 valence electrons. The molecule has 6 nitrogen and oxygen atoms in total. The van der Waals surface area contributed by atoms with Crippen LogP contribution >= 0.6 is 11.3 Å². The second-order valence-electron chi connectivity index (χ2n) is 7.78. The number of halogens is 3. The topological polar surface area (TPSA) is 58.4 Å². The Kier molecular flexibility index (Phi) is 5.61. The van der Waals surface area contributed by atoms with E-state index >= 15 is 0 Å². The molecule has 0 bridgehead atoms. The van der Waals surface area contributed by atoms with Gasteiger partial charge in [0.05, 0.1) is 23.8 Å². The first-order chi connectivity index (χ1) is 14.6. The number of fused-ring (bicyclic) bond motifs is 3. The highest BCUT2D eigenvalue weighted by atomic mass is 32.1. The van der Waals surface area contributed by atoms with E-state index in [2.05, 4.69) is 4.98 Å². The van der Waals surface area contributed by atoms with E-state index < -0.39 is 11.7 Å². The lowest BCUT2D eigenvalue weighted by Crippen LogP contribution is -2.35. The Morgan fingerprint density at radius 2 is 1.94 bits per heavy atom. The van der Waals surface area contributed by atoms with E-state index in [4.69, 9.17) is 0 Å². The first-order valence-electron chi connectivity index (χ1n) is 9.76. The van der Waals surface area contributed by atoms with Crippen LogP contribution in [0.1, 0.15) is 26.4 Å². The molecular formula is C21H21F3N4O2S. The Morgan fingerprint density at radius 3 is 2.58 bits per heavy atom. The van der Waals surface area contributed by atoms with Crippen LogP contribution in [-0.4, -0.2) is 52.4 Å². The molecule has 0 aliphatic carbocycles. The number of hydrogen-bond acceptors (Lipinski definition) is 5. The molecule has 0 atom stereocenters. The molecule has 31 heavy (non-hydrogen) atoms. The highest BCUT2D eigenvalue weighted by molar-refractivity contribution is 7.18. The monoisotopic (exact) mass is 450 g/mol. The van der Waals surface area contributed by atoms with Crippen LogP contribution in [0.15, 0.2) is 35.4 Å². The van der Waals surface area contributed by atoms with Crippen molar-refractivity contribution < 1.29 is 18.0 Å². The summed E-state index contributed by atoms with van der Waals surface area (Å²) in [6.07, 6.45) is -2.37. The predicted molar refractivity (Wildman–Crippen MR) is 112 cm³/mol. The lowest BCUT2D eigenvalue weighted by Gasteiger charge is -2.27. The number of likely N-dealkylation sites (N-methyl/N-ethyl adjacent to an activating group) is 1. The van der Waals surface area contributed by atoms with E-state index in [9.17, 15) is 22.8 Å². The number of thiophene rings is 1. The standard InChI is InChI=1S/C21H21F3N4O2S/c1-26(2)9-10-28-12-25-18-17(20(28)30)15-7-8-27(11-16(15)31-18)19(29)13-3-5-14(6-4-13)21(22,23)24/h3-6,12H,7-11H2,1-2H3. The Hall–Kier alpha value is -2.72. The average Bonchev–Trinajstić information content (AvgIpc) is 3.10. The minimum Gasteiger partial charge on any atom is -0.333 e. The molecule has 3 heterocycles. The van der Waals surface area contributed by atoms with Crippen molar-refractivity contribution in [1.82, 2.24) is 19.4 Å². The molecule has 0 fully saturated rings. The van der Waals surface area contributed by atoms with E-state index in [-0.39, 0.29) is 17.0 Å². The molecule has 0 radical (unpaired) electrons. The smallest absolute Gasteiger partial charge is 0.333 e. The van der Waals surface area contributed by atoms with Crippen molar-refractivity contribution >= 4 is 27.5 Å². The summed E-state index contributed by atoms with van der Waals surface area (Å²) < 4.78 is 39.9. The quantitative estimate of drug-likeness (QED) is 0.613. The fourth-order valence-corrected chi connectivity index (χ4v) is 4.84. The van der Waals surface area contributed by atoms with Crippen LogP contribution in [0.2, 0.25) is 0 Å². The zero-order valence-corrected chi connectivity index (χ0v) is 17.9. The van der Waals surface area contributed by atoms with Gasteiger partial charge in [-0.1, -0.05) is 0 Å². The Morgan fingerprint density at radius 1 is 1.23 bits per heavy atom. The predicted octanol–water partition coefficient (Wildman–Crippen LogP) is 3.24. The van der Waals surface area contributed by atoms with Gasteiger partial charge in [-0.15, -0.1) is 11.3 Å². The van der Waals surface area contributed by atoms with Crippen LogP contribution in [0, 0.1) is 0 Å². The molecule has 0 spiro atoms. The van der Waals surface area contributed by atoms with E-state index in [0.29, 0.717) is 36.3 Å². The van der Waals surface area contributed by atoms with Crippen molar-refractivity contribution in [3.05, 3.63) is 62.5 Å². The van der Waals surface area contributed by atoms with Gasteiger partial charge in [-0.25, -0.2) is 4.98 Å². The molecule has 1 amide bonds. The fourth-order valence-electron chi connectivity index (χ4n) is 3.64. The molecule has 4 rings (SSSR count). The molecule has 0 saturated carbocycles. The summed E-state index contributed by atoms with van der Waals surface area (Å²) in [7, 11) is 3.87. The highest BCUT2D eigenvalue weighted by Crippen LogP contribution is 2.33. The van der Waals surface area contributed by atoms with Gasteiger partial charge in [0.25, 0.3) is 11.5 Å². The maximum atomic E-state index is 13.0. The van der Waals surface area contributed by atoms with Gasteiger partial charge in [-0.2, -0.15) is 13.2 Å². The number of rotatable bonds is 4.